The first-order valence-electron chi connectivity index (χ1n) is 15.1. The minimum absolute atomic E-state index is 0.0234. The van der Waals surface area contributed by atoms with Gasteiger partial charge in [0.05, 0.1) is 17.6 Å². The first-order valence-corrected chi connectivity index (χ1v) is 15.5. The largest absolute Gasteiger partial charge is 0.350 e. The second-order valence-corrected chi connectivity index (χ2v) is 12.4. The molecule has 44 heavy (non-hydrogen) atoms. The smallest absolute Gasteiger partial charge is 0.271 e. The molecule has 1 saturated heterocycles. The Morgan fingerprint density at radius 1 is 1.02 bits per heavy atom. The number of aromatic amines is 1. The maximum Gasteiger partial charge on any atom is 0.271 e. The van der Waals surface area contributed by atoms with Crippen LogP contribution in [-0.4, -0.2) is 88.7 Å². The molecule has 0 bridgehead atoms. The number of likely N-dealkylation sites (N-methyl/N-ethyl adjacent to an activating group) is 1. The number of rotatable bonds is 10. The van der Waals surface area contributed by atoms with E-state index in [0.717, 1.165) is 59.2 Å². The Bertz CT molecular complexity index is 1740. The summed E-state index contributed by atoms with van der Waals surface area (Å²) in [6.07, 6.45) is 4.46. The summed E-state index contributed by atoms with van der Waals surface area (Å²) in [7, 11) is 6.35. The summed E-state index contributed by atoms with van der Waals surface area (Å²) < 4.78 is 15.8. The van der Waals surface area contributed by atoms with Crippen molar-refractivity contribution in [3.8, 4) is 16.9 Å². The number of benzene rings is 3. The van der Waals surface area contributed by atoms with Crippen molar-refractivity contribution in [3.63, 3.8) is 0 Å². The molecule has 0 radical (unpaired) electrons. The summed E-state index contributed by atoms with van der Waals surface area (Å²) in [5.74, 6) is -0.341. The minimum atomic E-state index is -0.318. The minimum Gasteiger partial charge on any atom is -0.350 e. The van der Waals surface area contributed by atoms with Crippen molar-refractivity contribution < 1.29 is 9.18 Å². The summed E-state index contributed by atoms with van der Waals surface area (Å²) in [6.45, 7) is 3.41. The van der Waals surface area contributed by atoms with Crippen molar-refractivity contribution in [1.29, 1.82) is 0 Å². The van der Waals surface area contributed by atoms with Gasteiger partial charge >= 0.3 is 0 Å². The molecular weight excluding hydrogens is 575 g/mol. The van der Waals surface area contributed by atoms with E-state index in [1.165, 1.54) is 12.1 Å². The van der Waals surface area contributed by atoms with Gasteiger partial charge in [-0.2, -0.15) is 5.10 Å². The van der Waals surface area contributed by atoms with Gasteiger partial charge in [0.15, 0.2) is 0 Å². The van der Waals surface area contributed by atoms with Crippen molar-refractivity contribution in [2.75, 3.05) is 47.3 Å². The molecule has 1 amide bonds. The third-order valence-electron chi connectivity index (χ3n) is 8.57. The van der Waals surface area contributed by atoms with Crippen molar-refractivity contribution in [2.45, 2.75) is 25.3 Å². The van der Waals surface area contributed by atoms with E-state index in [2.05, 4.69) is 35.9 Å². The van der Waals surface area contributed by atoms with Crippen LogP contribution in [0.2, 0.25) is 5.02 Å². The third kappa shape index (κ3) is 6.29. The summed E-state index contributed by atoms with van der Waals surface area (Å²) in [4.78, 5) is 24.4. The Morgan fingerprint density at radius 2 is 1.77 bits per heavy atom. The predicted octanol–water partition coefficient (Wildman–Crippen LogP) is 6.50. The molecule has 3 aromatic carbocycles. The SMILES string of the molecule is CN(C)CCCN(C)[C@H]1CCN(C(=O)c2[nH]c3ccccc3c2-c2c(Cc3ccc(Cl)cc3)cnn2-c2ccc(F)cc2)C1. The number of carbonyl (C=O) groups is 1. The van der Waals surface area contributed by atoms with Crippen LogP contribution >= 0.6 is 11.6 Å². The number of nitrogens with zero attached hydrogens (tertiary/aromatic N) is 5. The molecule has 0 saturated carbocycles. The molecule has 1 atom stereocenters. The number of halogens is 2. The van der Waals surface area contributed by atoms with Gasteiger partial charge in [0.1, 0.15) is 11.5 Å². The highest BCUT2D eigenvalue weighted by Gasteiger charge is 2.33. The fourth-order valence-electron chi connectivity index (χ4n) is 6.19. The van der Waals surface area contributed by atoms with Crippen LogP contribution in [0.1, 0.15) is 34.5 Å². The molecule has 2 aromatic heterocycles. The number of aromatic nitrogens is 3. The lowest BCUT2D eigenvalue weighted by Crippen LogP contribution is -2.37. The van der Waals surface area contributed by atoms with E-state index < -0.39 is 0 Å². The van der Waals surface area contributed by atoms with Crippen LogP contribution in [0.5, 0.6) is 0 Å². The van der Waals surface area contributed by atoms with Gasteiger partial charge in [-0.15, -0.1) is 0 Å². The number of fused-ring (bicyclic) bond motifs is 1. The second kappa shape index (κ2) is 12.9. The highest BCUT2D eigenvalue weighted by atomic mass is 35.5. The zero-order valence-electron chi connectivity index (χ0n) is 25.4. The Morgan fingerprint density at radius 3 is 2.52 bits per heavy atom. The lowest BCUT2D eigenvalue weighted by Gasteiger charge is -2.25. The lowest BCUT2D eigenvalue weighted by molar-refractivity contribution is 0.0776. The molecule has 1 N–H and O–H groups in total. The Balaban J connectivity index is 1.41. The van der Waals surface area contributed by atoms with Gasteiger partial charge in [-0.05, 0) is 95.1 Å². The van der Waals surface area contributed by atoms with Crippen LogP contribution in [0, 0.1) is 5.82 Å². The predicted molar refractivity (Wildman–Crippen MR) is 175 cm³/mol. The molecule has 0 spiro atoms. The van der Waals surface area contributed by atoms with Gasteiger partial charge < -0.3 is 19.7 Å². The number of hydrogen-bond acceptors (Lipinski definition) is 4. The Labute approximate surface area is 262 Å². The topological polar surface area (TPSA) is 60.4 Å². The number of carbonyl (C=O) groups excluding carboxylic acids is 1. The summed E-state index contributed by atoms with van der Waals surface area (Å²) in [6, 6.07) is 22.4. The maximum atomic E-state index is 14.4. The van der Waals surface area contributed by atoms with Crippen molar-refractivity contribution in [2.24, 2.45) is 0 Å². The number of nitrogens with one attached hydrogen (secondary N) is 1. The standard InChI is InChI=1S/C35H38ClFN6O/c1-40(2)18-6-19-41(3)29-17-20-42(23-29)35(44)33-32(30-7-4-5-8-31(30)39-33)34-25(21-24-9-11-26(36)12-10-24)22-38-43(34)28-15-13-27(37)14-16-28/h4-5,7-16,22,29,39H,6,17-21,23H2,1-3H3/t29-/m0/s1. The van der Waals surface area contributed by atoms with Gasteiger partial charge in [0.2, 0.25) is 0 Å². The molecule has 9 heteroatoms. The quantitative estimate of drug-likeness (QED) is 0.196. The highest BCUT2D eigenvalue weighted by molar-refractivity contribution is 6.30. The van der Waals surface area contributed by atoms with Crippen LogP contribution in [-0.2, 0) is 6.42 Å². The molecule has 5 aromatic rings. The number of likely N-dealkylation sites (tertiary alicyclic amines) is 1. The monoisotopic (exact) mass is 612 g/mol. The third-order valence-corrected chi connectivity index (χ3v) is 8.82. The number of amides is 1. The van der Waals surface area contributed by atoms with Gasteiger partial charge in [0.25, 0.3) is 5.91 Å². The molecule has 1 fully saturated rings. The zero-order chi connectivity index (χ0) is 30.8. The molecule has 1 aliphatic rings. The molecule has 0 unspecified atom stereocenters. The first-order chi connectivity index (χ1) is 21.3. The fourth-order valence-corrected chi connectivity index (χ4v) is 6.32. The average molecular weight is 613 g/mol. The number of hydrogen-bond donors (Lipinski definition) is 1. The molecular formula is C35H38ClFN6O. The fraction of sp³-hybridized carbons (Fsp3) is 0.314. The van der Waals surface area contributed by atoms with E-state index in [0.29, 0.717) is 42.0 Å². The molecule has 0 aliphatic carbocycles. The Hall–Kier alpha value is -3.98. The average Bonchev–Trinajstić information content (AvgIpc) is 3.75. The second-order valence-electron chi connectivity index (χ2n) is 12.0. The highest BCUT2D eigenvalue weighted by Crippen LogP contribution is 2.38. The van der Waals surface area contributed by atoms with Gasteiger partial charge in [-0.25, -0.2) is 9.07 Å². The molecule has 3 heterocycles. The molecule has 7 nitrogen and oxygen atoms in total. The van der Waals surface area contributed by atoms with Crippen molar-refractivity contribution >= 4 is 28.4 Å². The molecule has 6 rings (SSSR count). The summed E-state index contributed by atoms with van der Waals surface area (Å²) in [5, 5.41) is 6.40. The van der Waals surface area contributed by atoms with Crippen LogP contribution in [0.3, 0.4) is 0 Å². The van der Waals surface area contributed by atoms with Crippen LogP contribution < -0.4 is 0 Å². The van der Waals surface area contributed by atoms with E-state index in [1.807, 2.05) is 64.3 Å². The Kier molecular flexibility index (Phi) is 8.84. The van der Waals surface area contributed by atoms with Gasteiger partial charge in [-0.3, -0.25) is 4.79 Å². The van der Waals surface area contributed by atoms with Crippen LogP contribution in [0.15, 0.2) is 79.0 Å². The maximum absolute atomic E-state index is 14.4. The first kappa shape index (κ1) is 30.1. The summed E-state index contributed by atoms with van der Waals surface area (Å²) >= 11 is 6.18. The van der Waals surface area contributed by atoms with E-state index in [9.17, 15) is 9.18 Å². The van der Waals surface area contributed by atoms with Crippen molar-refractivity contribution in [3.05, 3.63) is 107 Å². The van der Waals surface area contributed by atoms with E-state index in [4.69, 9.17) is 16.7 Å². The number of para-hydroxylation sites is 1. The van der Waals surface area contributed by atoms with Gasteiger partial charge in [-0.1, -0.05) is 41.9 Å². The van der Waals surface area contributed by atoms with E-state index in [-0.39, 0.29) is 11.7 Å². The number of H-pyrrole nitrogens is 1. The van der Waals surface area contributed by atoms with E-state index >= 15 is 0 Å². The molecule has 1 aliphatic heterocycles. The van der Waals surface area contributed by atoms with E-state index in [1.54, 1.807) is 12.1 Å². The lowest BCUT2D eigenvalue weighted by atomic mass is 9.98. The van der Waals surface area contributed by atoms with Crippen LogP contribution in [0.4, 0.5) is 4.39 Å². The van der Waals surface area contributed by atoms with Crippen molar-refractivity contribution in [1.82, 2.24) is 29.5 Å². The zero-order valence-corrected chi connectivity index (χ0v) is 26.2. The molecule has 228 valence electrons. The van der Waals surface area contributed by atoms with Crippen LogP contribution in [0.25, 0.3) is 27.8 Å². The van der Waals surface area contributed by atoms with Gasteiger partial charge in [0, 0.05) is 52.6 Å². The summed E-state index contributed by atoms with van der Waals surface area (Å²) in [5.41, 5.74) is 5.78. The normalized spacial score (nSPS) is 15.2.